The molecular formula is C16H24ClN3O3S. The van der Waals surface area contributed by atoms with Crippen LogP contribution in [-0.2, 0) is 14.8 Å². The van der Waals surface area contributed by atoms with E-state index in [1.165, 1.54) is 0 Å². The Bertz CT molecular complexity index is 688. The predicted molar refractivity (Wildman–Crippen MR) is 96.9 cm³/mol. The molecule has 2 rings (SSSR count). The number of likely N-dealkylation sites (N-methyl/N-ethyl adjacent to an activating group) is 1. The average Bonchev–Trinajstić information content (AvgIpc) is 2.53. The maximum absolute atomic E-state index is 12.8. The molecule has 0 saturated carbocycles. The number of hydrogen-bond acceptors (Lipinski definition) is 4. The second-order valence-corrected chi connectivity index (χ2v) is 8.27. The third-order valence-corrected chi connectivity index (χ3v) is 5.74. The number of piperazine rings is 1. The second kappa shape index (κ2) is 7.72. The molecule has 1 aromatic rings. The first-order chi connectivity index (χ1) is 11.2. The Morgan fingerprint density at radius 1 is 1.29 bits per heavy atom. The van der Waals surface area contributed by atoms with Crippen LogP contribution in [0.2, 0.25) is 5.02 Å². The molecule has 1 fully saturated rings. The summed E-state index contributed by atoms with van der Waals surface area (Å²) in [5.74, 6) is -0.184. The molecule has 6 nitrogen and oxygen atoms in total. The van der Waals surface area contributed by atoms with Gasteiger partial charge in [0, 0.05) is 31.2 Å². The Balaban J connectivity index is 2.22. The summed E-state index contributed by atoms with van der Waals surface area (Å²) in [5, 5.41) is 0.428. The summed E-state index contributed by atoms with van der Waals surface area (Å²) < 4.78 is 25.7. The van der Waals surface area contributed by atoms with Crippen LogP contribution in [0, 0.1) is 0 Å². The summed E-state index contributed by atoms with van der Waals surface area (Å²) in [6.45, 7) is 7.51. The van der Waals surface area contributed by atoms with Crippen molar-refractivity contribution in [1.82, 2.24) is 9.80 Å². The van der Waals surface area contributed by atoms with Crippen LogP contribution in [0.25, 0.3) is 0 Å². The summed E-state index contributed by atoms with van der Waals surface area (Å²) in [4.78, 5) is 16.8. The van der Waals surface area contributed by atoms with Crippen molar-refractivity contribution >= 4 is 33.2 Å². The van der Waals surface area contributed by atoms with Crippen LogP contribution >= 0.6 is 11.6 Å². The topological polar surface area (TPSA) is 60.9 Å². The van der Waals surface area contributed by atoms with E-state index in [1.54, 1.807) is 36.1 Å². The van der Waals surface area contributed by atoms with E-state index in [4.69, 9.17) is 11.6 Å². The van der Waals surface area contributed by atoms with Gasteiger partial charge in [0.15, 0.2) is 0 Å². The molecule has 24 heavy (non-hydrogen) atoms. The zero-order valence-corrected chi connectivity index (χ0v) is 15.8. The van der Waals surface area contributed by atoms with E-state index < -0.39 is 16.1 Å². The van der Waals surface area contributed by atoms with Crippen molar-refractivity contribution in [3.63, 3.8) is 0 Å². The van der Waals surface area contributed by atoms with E-state index in [2.05, 4.69) is 11.8 Å². The van der Waals surface area contributed by atoms with Gasteiger partial charge in [0.1, 0.15) is 6.04 Å². The van der Waals surface area contributed by atoms with Gasteiger partial charge in [-0.2, -0.15) is 0 Å². The Labute approximate surface area is 149 Å². The van der Waals surface area contributed by atoms with Crippen molar-refractivity contribution in [2.45, 2.75) is 19.9 Å². The van der Waals surface area contributed by atoms with E-state index in [9.17, 15) is 13.2 Å². The molecule has 1 saturated heterocycles. The third kappa shape index (κ3) is 4.40. The van der Waals surface area contributed by atoms with Gasteiger partial charge >= 0.3 is 0 Å². The monoisotopic (exact) mass is 373 g/mol. The molecular weight excluding hydrogens is 350 g/mol. The zero-order chi connectivity index (χ0) is 17.9. The molecule has 1 unspecified atom stereocenters. The molecule has 0 N–H and O–H groups in total. The lowest BCUT2D eigenvalue weighted by atomic mass is 10.2. The van der Waals surface area contributed by atoms with Crippen molar-refractivity contribution in [2.75, 3.05) is 43.3 Å². The summed E-state index contributed by atoms with van der Waals surface area (Å²) in [5.41, 5.74) is 0.401. The number of hydrogen-bond donors (Lipinski definition) is 0. The van der Waals surface area contributed by atoms with Gasteiger partial charge in [-0.1, -0.05) is 24.6 Å². The van der Waals surface area contributed by atoms with Crippen LogP contribution in [-0.4, -0.2) is 69.1 Å². The molecule has 0 aromatic heterocycles. The van der Waals surface area contributed by atoms with Crippen molar-refractivity contribution in [2.24, 2.45) is 0 Å². The maximum Gasteiger partial charge on any atom is 0.246 e. The molecule has 0 radical (unpaired) electrons. The Hall–Kier alpha value is -1.31. The Morgan fingerprint density at radius 2 is 1.92 bits per heavy atom. The fraction of sp³-hybridized carbons (Fsp3) is 0.562. The number of benzene rings is 1. The van der Waals surface area contributed by atoms with Gasteiger partial charge in [0.2, 0.25) is 15.9 Å². The standard InChI is InChI=1S/C16H24ClN3O3S/c1-4-18-8-10-19(11-9-18)16(21)13(2)20(24(3,22)23)15-7-5-6-14(17)12-15/h5-7,12-13H,4,8-11H2,1-3H3. The van der Waals surface area contributed by atoms with Gasteiger partial charge in [-0.15, -0.1) is 0 Å². The van der Waals surface area contributed by atoms with Gasteiger partial charge < -0.3 is 9.80 Å². The van der Waals surface area contributed by atoms with Gasteiger partial charge in [0.05, 0.1) is 11.9 Å². The highest BCUT2D eigenvalue weighted by molar-refractivity contribution is 7.92. The summed E-state index contributed by atoms with van der Waals surface area (Å²) >= 11 is 5.98. The van der Waals surface area contributed by atoms with Crippen LogP contribution in [0.1, 0.15) is 13.8 Å². The summed E-state index contributed by atoms with van der Waals surface area (Å²) in [7, 11) is -3.62. The highest BCUT2D eigenvalue weighted by Gasteiger charge is 2.33. The molecule has 1 heterocycles. The zero-order valence-electron chi connectivity index (χ0n) is 14.3. The molecule has 1 aliphatic heterocycles. The van der Waals surface area contributed by atoms with Crippen LogP contribution < -0.4 is 4.31 Å². The Kier molecular flexibility index (Phi) is 6.11. The minimum atomic E-state index is -3.62. The van der Waals surface area contributed by atoms with Crippen LogP contribution in [0.15, 0.2) is 24.3 Å². The van der Waals surface area contributed by atoms with Crippen LogP contribution in [0.4, 0.5) is 5.69 Å². The normalized spacial score (nSPS) is 17.6. The minimum absolute atomic E-state index is 0.184. The Morgan fingerprint density at radius 3 is 2.42 bits per heavy atom. The fourth-order valence-electron chi connectivity index (χ4n) is 2.96. The fourth-order valence-corrected chi connectivity index (χ4v) is 4.31. The predicted octanol–water partition coefficient (Wildman–Crippen LogP) is 1.66. The van der Waals surface area contributed by atoms with Crippen molar-refractivity contribution < 1.29 is 13.2 Å². The van der Waals surface area contributed by atoms with E-state index in [0.29, 0.717) is 23.8 Å². The largest absolute Gasteiger partial charge is 0.338 e. The van der Waals surface area contributed by atoms with E-state index in [0.717, 1.165) is 30.2 Å². The number of sulfonamides is 1. The number of anilines is 1. The molecule has 0 aliphatic carbocycles. The highest BCUT2D eigenvalue weighted by Crippen LogP contribution is 2.25. The summed E-state index contributed by atoms with van der Waals surface area (Å²) in [6.07, 6.45) is 1.10. The second-order valence-electron chi connectivity index (χ2n) is 5.97. The lowest BCUT2D eigenvalue weighted by Crippen LogP contribution is -2.55. The lowest BCUT2D eigenvalue weighted by molar-refractivity contribution is -0.133. The highest BCUT2D eigenvalue weighted by atomic mass is 35.5. The molecule has 0 bridgehead atoms. The van der Waals surface area contributed by atoms with E-state index in [1.807, 2.05) is 0 Å². The molecule has 1 amide bonds. The molecule has 1 aliphatic rings. The molecule has 1 atom stereocenters. The average molecular weight is 374 g/mol. The van der Waals surface area contributed by atoms with Crippen molar-refractivity contribution in [3.8, 4) is 0 Å². The van der Waals surface area contributed by atoms with Crippen LogP contribution in [0.5, 0.6) is 0 Å². The summed E-state index contributed by atoms with van der Waals surface area (Å²) in [6, 6.07) is 5.73. The first-order valence-corrected chi connectivity index (χ1v) is 10.2. The van der Waals surface area contributed by atoms with E-state index >= 15 is 0 Å². The molecule has 1 aromatic carbocycles. The van der Waals surface area contributed by atoms with Gasteiger partial charge in [0.25, 0.3) is 0 Å². The first-order valence-electron chi connectivity index (χ1n) is 8.00. The van der Waals surface area contributed by atoms with Crippen LogP contribution in [0.3, 0.4) is 0 Å². The minimum Gasteiger partial charge on any atom is -0.338 e. The number of rotatable bonds is 5. The molecule has 8 heteroatoms. The quantitative estimate of drug-likeness (QED) is 0.787. The first kappa shape index (κ1) is 19.0. The SMILES string of the molecule is CCN1CCN(C(=O)C(C)N(c2cccc(Cl)c2)S(C)(=O)=O)CC1. The molecule has 0 spiro atoms. The van der Waals surface area contributed by atoms with E-state index in [-0.39, 0.29) is 5.91 Å². The van der Waals surface area contributed by atoms with Gasteiger partial charge in [-0.25, -0.2) is 8.42 Å². The lowest BCUT2D eigenvalue weighted by Gasteiger charge is -2.37. The smallest absolute Gasteiger partial charge is 0.246 e. The number of nitrogens with zero attached hydrogens (tertiary/aromatic N) is 3. The number of amides is 1. The number of carbonyl (C=O) groups is 1. The maximum atomic E-state index is 12.8. The third-order valence-electron chi connectivity index (χ3n) is 4.26. The van der Waals surface area contributed by atoms with Crippen molar-refractivity contribution in [3.05, 3.63) is 29.3 Å². The molecule has 134 valence electrons. The van der Waals surface area contributed by atoms with Gasteiger partial charge in [-0.3, -0.25) is 9.10 Å². The van der Waals surface area contributed by atoms with Gasteiger partial charge in [-0.05, 0) is 31.7 Å². The van der Waals surface area contributed by atoms with Crippen molar-refractivity contribution in [1.29, 1.82) is 0 Å². The number of carbonyl (C=O) groups excluding carboxylic acids is 1. The number of halogens is 1.